The van der Waals surface area contributed by atoms with Gasteiger partial charge in [0.15, 0.2) is 0 Å². The highest BCUT2D eigenvalue weighted by atomic mass is 32.2. The summed E-state index contributed by atoms with van der Waals surface area (Å²) in [6.07, 6.45) is 1.99. The van der Waals surface area contributed by atoms with Crippen molar-refractivity contribution in [3.63, 3.8) is 0 Å². The molecule has 3 atom stereocenters. The molecule has 0 aliphatic rings. The molecule has 0 amide bonds. The second-order valence-electron chi connectivity index (χ2n) is 5.18. The minimum absolute atomic E-state index is 0.0609. The minimum atomic E-state index is -1.38. The van der Waals surface area contributed by atoms with Crippen molar-refractivity contribution in [1.29, 1.82) is 0 Å². The van der Waals surface area contributed by atoms with Crippen molar-refractivity contribution in [2.45, 2.75) is 44.6 Å². The molecule has 6 heteroatoms. The molecule has 3 unspecified atom stereocenters. The fourth-order valence-electron chi connectivity index (χ4n) is 2.09. The summed E-state index contributed by atoms with van der Waals surface area (Å²) in [6.45, 7) is 7.16. The predicted octanol–water partition coefficient (Wildman–Crippen LogP) is 3.12. The van der Waals surface area contributed by atoms with Crippen LogP contribution in [0.4, 0.5) is 5.69 Å². The Bertz CT molecular complexity index is 494. The van der Waals surface area contributed by atoms with Gasteiger partial charge in [-0.1, -0.05) is 39.3 Å². The summed E-state index contributed by atoms with van der Waals surface area (Å²) < 4.78 is 12.5. The Hall–Kier alpha value is -1.27. The molecule has 0 spiro atoms. The molecule has 118 valence electrons. The fourth-order valence-corrected chi connectivity index (χ4v) is 3.65. The van der Waals surface area contributed by atoms with Gasteiger partial charge in [-0.2, -0.15) is 0 Å². The first-order valence-electron chi connectivity index (χ1n) is 7.36. The quantitative estimate of drug-likeness (QED) is 0.562. The van der Waals surface area contributed by atoms with E-state index in [4.69, 9.17) is 0 Å². The molecule has 0 aliphatic heterocycles. The van der Waals surface area contributed by atoms with E-state index >= 15 is 0 Å². The van der Waals surface area contributed by atoms with Gasteiger partial charge in [-0.15, -0.1) is 0 Å². The molecule has 1 rings (SSSR count). The number of nitrogens with one attached hydrogen (secondary N) is 1. The van der Waals surface area contributed by atoms with Crippen LogP contribution in [0.25, 0.3) is 0 Å². The predicted molar refractivity (Wildman–Crippen MR) is 85.9 cm³/mol. The highest BCUT2D eigenvalue weighted by Gasteiger charge is 2.23. The normalized spacial score (nSPS) is 15.4. The van der Waals surface area contributed by atoms with E-state index in [1.165, 1.54) is 6.07 Å². The van der Waals surface area contributed by atoms with Crippen LogP contribution < -0.4 is 5.32 Å². The maximum Gasteiger partial charge on any atom is 0.285 e. The second kappa shape index (κ2) is 8.89. The summed E-state index contributed by atoms with van der Waals surface area (Å²) in [5, 5.41) is 14.4. The van der Waals surface area contributed by atoms with Gasteiger partial charge in [-0.25, -0.2) is 0 Å². The summed E-state index contributed by atoms with van der Waals surface area (Å²) in [7, 11) is -1.38. The zero-order valence-electron chi connectivity index (χ0n) is 12.9. The average Bonchev–Trinajstić information content (AvgIpc) is 2.50. The Kier molecular flexibility index (Phi) is 7.53. The van der Waals surface area contributed by atoms with Crippen LogP contribution in [0.1, 0.15) is 33.6 Å². The molecule has 0 saturated heterocycles. The Labute approximate surface area is 128 Å². The van der Waals surface area contributed by atoms with Gasteiger partial charge in [-0.3, -0.25) is 14.3 Å². The second-order valence-corrected chi connectivity index (χ2v) is 6.65. The van der Waals surface area contributed by atoms with E-state index < -0.39 is 15.7 Å². The van der Waals surface area contributed by atoms with E-state index in [-0.39, 0.29) is 11.7 Å². The number of hydrogen-bond donors (Lipinski definition) is 1. The lowest BCUT2D eigenvalue weighted by atomic mass is 10.0. The van der Waals surface area contributed by atoms with Gasteiger partial charge in [0, 0.05) is 17.9 Å². The van der Waals surface area contributed by atoms with Crippen molar-refractivity contribution >= 4 is 16.5 Å². The summed E-state index contributed by atoms with van der Waals surface area (Å²) in [6, 6.07) is 6.39. The zero-order valence-corrected chi connectivity index (χ0v) is 13.7. The van der Waals surface area contributed by atoms with Gasteiger partial charge >= 0.3 is 0 Å². The van der Waals surface area contributed by atoms with Crippen molar-refractivity contribution in [1.82, 2.24) is 5.32 Å². The maximum atomic E-state index is 12.5. The third-order valence-electron chi connectivity index (χ3n) is 3.63. The number of nitro groups is 1. The summed E-state index contributed by atoms with van der Waals surface area (Å²) >= 11 is 0. The zero-order chi connectivity index (χ0) is 15.8. The van der Waals surface area contributed by atoms with E-state index in [0.717, 1.165) is 19.4 Å². The number of para-hydroxylation sites is 1. The molecular weight excluding hydrogens is 288 g/mol. The molecule has 0 radical (unpaired) electrons. The first kappa shape index (κ1) is 17.8. The van der Waals surface area contributed by atoms with Crippen LogP contribution in [0.2, 0.25) is 0 Å². The minimum Gasteiger partial charge on any atom is -0.313 e. The lowest BCUT2D eigenvalue weighted by molar-refractivity contribution is -0.387. The Morgan fingerprint density at radius 3 is 2.57 bits per heavy atom. The standard InChI is InChI=1S/C15H24N2O3S/c1-4-10-16-13(12(3)5-2)11-21(20)15-9-7-6-8-14(15)17(18)19/h6-9,12-13,16H,4-5,10-11H2,1-3H3. The van der Waals surface area contributed by atoms with Crippen LogP contribution in [0.15, 0.2) is 29.2 Å². The third-order valence-corrected chi connectivity index (χ3v) is 5.12. The molecule has 0 bridgehead atoms. The molecule has 0 aromatic heterocycles. The van der Waals surface area contributed by atoms with Crippen LogP contribution >= 0.6 is 0 Å². The van der Waals surface area contributed by atoms with Gasteiger partial charge in [0.25, 0.3) is 5.69 Å². The highest BCUT2D eigenvalue weighted by molar-refractivity contribution is 7.85. The van der Waals surface area contributed by atoms with Crippen LogP contribution in [-0.2, 0) is 10.8 Å². The number of rotatable bonds is 9. The van der Waals surface area contributed by atoms with E-state index in [0.29, 0.717) is 16.6 Å². The highest BCUT2D eigenvalue weighted by Crippen LogP contribution is 2.23. The molecule has 0 heterocycles. The van der Waals surface area contributed by atoms with Crippen LogP contribution in [0.5, 0.6) is 0 Å². The van der Waals surface area contributed by atoms with E-state index in [1.807, 2.05) is 0 Å². The number of nitrogens with zero attached hydrogens (tertiary/aromatic N) is 1. The Balaban J connectivity index is 2.89. The lowest BCUT2D eigenvalue weighted by Gasteiger charge is -2.23. The van der Waals surface area contributed by atoms with Gasteiger partial charge in [0.05, 0.1) is 15.7 Å². The molecule has 5 nitrogen and oxygen atoms in total. The number of hydrogen-bond acceptors (Lipinski definition) is 4. The molecule has 0 fully saturated rings. The Morgan fingerprint density at radius 2 is 2.00 bits per heavy atom. The van der Waals surface area contributed by atoms with Crippen molar-refractivity contribution in [2.75, 3.05) is 12.3 Å². The summed E-state index contributed by atoms with van der Waals surface area (Å²) in [4.78, 5) is 10.9. The van der Waals surface area contributed by atoms with Gasteiger partial charge in [-0.05, 0) is 24.9 Å². The monoisotopic (exact) mass is 312 g/mol. The van der Waals surface area contributed by atoms with E-state index in [2.05, 4.69) is 26.1 Å². The molecule has 0 aliphatic carbocycles. The first-order chi connectivity index (χ1) is 10.0. The van der Waals surface area contributed by atoms with E-state index in [9.17, 15) is 14.3 Å². The molecule has 1 N–H and O–H groups in total. The molecular formula is C15H24N2O3S. The van der Waals surface area contributed by atoms with Crippen LogP contribution in [0.3, 0.4) is 0 Å². The van der Waals surface area contributed by atoms with Crippen LogP contribution in [0, 0.1) is 16.0 Å². The van der Waals surface area contributed by atoms with Crippen molar-refractivity contribution < 1.29 is 9.13 Å². The number of benzene rings is 1. The molecule has 21 heavy (non-hydrogen) atoms. The van der Waals surface area contributed by atoms with Crippen molar-refractivity contribution in [3.05, 3.63) is 34.4 Å². The van der Waals surface area contributed by atoms with Gasteiger partial charge in [0.2, 0.25) is 0 Å². The largest absolute Gasteiger partial charge is 0.313 e. The van der Waals surface area contributed by atoms with Crippen molar-refractivity contribution in [2.24, 2.45) is 5.92 Å². The molecule has 1 aromatic rings. The van der Waals surface area contributed by atoms with Crippen molar-refractivity contribution in [3.8, 4) is 0 Å². The summed E-state index contributed by atoms with van der Waals surface area (Å²) in [5.41, 5.74) is -0.0609. The summed E-state index contributed by atoms with van der Waals surface area (Å²) in [5.74, 6) is 0.781. The lowest BCUT2D eigenvalue weighted by Crippen LogP contribution is -2.39. The third kappa shape index (κ3) is 5.21. The van der Waals surface area contributed by atoms with Gasteiger partial charge in [0.1, 0.15) is 4.90 Å². The average molecular weight is 312 g/mol. The SMILES string of the molecule is CCCNC(CS(=O)c1ccccc1[N+](=O)[O-])C(C)CC. The maximum absolute atomic E-state index is 12.5. The van der Waals surface area contributed by atoms with Crippen LogP contribution in [-0.4, -0.2) is 27.5 Å². The number of nitro benzene ring substituents is 1. The smallest absolute Gasteiger partial charge is 0.285 e. The first-order valence-corrected chi connectivity index (χ1v) is 8.68. The van der Waals surface area contributed by atoms with E-state index in [1.54, 1.807) is 18.2 Å². The Morgan fingerprint density at radius 1 is 1.33 bits per heavy atom. The molecule has 1 aromatic carbocycles. The van der Waals surface area contributed by atoms with Gasteiger partial charge < -0.3 is 5.32 Å². The topological polar surface area (TPSA) is 72.2 Å². The fraction of sp³-hybridized carbons (Fsp3) is 0.600. The molecule has 0 saturated carbocycles.